The van der Waals surface area contributed by atoms with Crippen molar-refractivity contribution in [3.05, 3.63) is 27.7 Å². The standard InChI is InChI=1S/C10H14BrNO/c1-7-4-9(11)10(13-3)5-8(7)6-12-2/h4-5,12H,6H2,1-3H3. The van der Waals surface area contributed by atoms with Gasteiger partial charge in [-0.3, -0.25) is 0 Å². The fourth-order valence-electron chi connectivity index (χ4n) is 1.23. The molecule has 72 valence electrons. The number of halogens is 1. The van der Waals surface area contributed by atoms with Gasteiger partial charge in [-0.05, 0) is 53.2 Å². The summed E-state index contributed by atoms with van der Waals surface area (Å²) in [4.78, 5) is 0. The molecule has 0 unspecified atom stereocenters. The maximum Gasteiger partial charge on any atom is 0.133 e. The fourth-order valence-corrected chi connectivity index (χ4v) is 1.85. The second-order valence-electron chi connectivity index (χ2n) is 2.94. The van der Waals surface area contributed by atoms with Crippen LogP contribution in [-0.4, -0.2) is 14.2 Å². The molecule has 0 fully saturated rings. The third-order valence-corrected chi connectivity index (χ3v) is 2.60. The molecule has 0 radical (unpaired) electrons. The Balaban J connectivity index is 3.06. The summed E-state index contributed by atoms with van der Waals surface area (Å²) < 4.78 is 6.22. The lowest BCUT2D eigenvalue weighted by Gasteiger charge is -2.09. The molecule has 0 heterocycles. The number of ether oxygens (including phenoxy) is 1. The highest BCUT2D eigenvalue weighted by Crippen LogP contribution is 2.28. The number of hydrogen-bond donors (Lipinski definition) is 1. The number of methoxy groups -OCH3 is 1. The van der Waals surface area contributed by atoms with Crippen LogP contribution in [-0.2, 0) is 6.54 Å². The Morgan fingerprint density at radius 1 is 1.46 bits per heavy atom. The normalized spacial score (nSPS) is 10.2. The summed E-state index contributed by atoms with van der Waals surface area (Å²) >= 11 is 3.45. The zero-order chi connectivity index (χ0) is 9.84. The summed E-state index contributed by atoms with van der Waals surface area (Å²) in [6, 6.07) is 4.13. The van der Waals surface area contributed by atoms with E-state index < -0.39 is 0 Å². The van der Waals surface area contributed by atoms with Crippen molar-refractivity contribution in [3.63, 3.8) is 0 Å². The highest BCUT2D eigenvalue weighted by molar-refractivity contribution is 9.10. The van der Waals surface area contributed by atoms with E-state index in [-0.39, 0.29) is 0 Å². The van der Waals surface area contributed by atoms with Gasteiger partial charge in [0.1, 0.15) is 5.75 Å². The van der Waals surface area contributed by atoms with Gasteiger partial charge in [0, 0.05) is 6.54 Å². The molecule has 0 aromatic heterocycles. The Morgan fingerprint density at radius 3 is 2.69 bits per heavy atom. The summed E-state index contributed by atoms with van der Waals surface area (Å²) in [6.45, 7) is 2.96. The van der Waals surface area contributed by atoms with Crippen LogP contribution in [0.3, 0.4) is 0 Å². The highest BCUT2D eigenvalue weighted by Gasteiger charge is 2.04. The maximum atomic E-state index is 5.21. The molecular weight excluding hydrogens is 230 g/mol. The molecule has 0 aliphatic rings. The van der Waals surface area contributed by atoms with E-state index in [9.17, 15) is 0 Å². The number of nitrogens with one attached hydrogen (secondary N) is 1. The van der Waals surface area contributed by atoms with Gasteiger partial charge in [0.2, 0.25) is 0 Å². The molecule has 13 heavy (non-hydrogen) atoms. The molecule has 1 aromatic rings. The van der Waals surface area contributed by atoms with Crippen molar-refractivity contribution in [1.82, 2.24) is 5.32 Å². The second-order valence-corrected chi connectivity index (χ2v) is 3.80. The van der Waals surface area contributed by atoms with Gasteiger partial charge in [0.05, 0.1) is 11.6 Å². The fraction of sp³-hybridized carbons (Fsp3) is 0.400. The van der Waals surface area contributed by atoms with E-state index in [1.165, 1.54) is 11.1 Å². The van der Waals surface area contributed by atoms with E-state index in [1.54, 1.807) is 7.11 Å². The number of benzene rings is 1. The van der Waals surface area contributed by atoms with Crippen molar-refractivity contribution >= 4 is 15.9 Å². The van der Waals surface area contributed by atoms with Crippen molar-refractivity contribution in [2.75, 3.05) is 14.2 Å². The summed E-state index contributed by atoms with van der Waals surface area (Å²) in [5.41, 5.74) is 2.53. The van der Waals surface area contributed by atoms with Crippen LogP contribution in [0.5, 0.6) is 5.75 Å². The van der Waals surface area contributed by atoms with Crippen LogP contribution in [0.15, 0.2) is 16.6 Å². The van der Waals surface area contributed by atoms with Gasteiger partial charge >= 0.3 is 0 Å². The number of hydrogen-bond acceptors (Lipinski definition) is 2. The van der Waals surface area contributed by atoms with Crippen molar-refractivity contribution in [1.29, 1.82) is 0 Å². The average Bonchev–Trinajstić information content (AvgIpc) is 2.10. The predicted octanol–water partition coefficient (Wildman–Crippen LogP) is 2.49. The predicted molar refractivity (Wildman–Crippen MR) is 58.2 cm³/mol. The van der Waals surface area contributed by atoms with E-state index in [0.29, 0.717) is 0 Å². The number of aryl methyl sites for hydroxylation is 1. The minimum Gasteiger partial charge on any atom is -0.496 e. The van der Waals surface area contributed by atoms with Crippen LogP contribution >= 0.6 is 15.9 Å². The molecule has 0 aliphatic carbocycles. The van der Waals surface area contributed by atoms with Gasteiger partial charge in [-0.1, -0.05) is 0 Å². The van der Waals surface area contributed by atoms with Crippen LogP contribution in [0.4, 0.5) is 0 Å². The van der Waals surface area contributed by atoms with Gasteiger partial charge in [-0.25, -0.2) is 0 Å². The summed E-state index contributed by atoms with van der Waals surface area (Å²) in [5, 5.41) is 3.12. The van der Waals surface area contributed by atoms with Crippen LogP contribution in [0, 0.1) is 6.92 Å². The van der Waals surface area contributed by atoms with Crippen LogP contribution in [0.25, 0.3) is 0 Å². The second kappa shape index (κ2) is 4.63. The SMILES string of the molecule is CNCc1cc(OC)c(Br)cc1C. The van der Waals surface area contributed by atoms with Crippen molar-refractivity contribution in [2.45, 2.75) is 13.5 Å². The average molecular weight is 244 g/mol. The molecule has 0 saturated heterocycles. The van der Waals surface area contributed by atoms with Gasteiger partial charge in [-0.15, -0.1) is 0 Å². The molecular formula is C10H14BrNO. The minimum atomic E-state index is 0.871. The molecule has 1 N–H and O–H groups in total. The Labute approximate surface area is 87.4 Å². The van der Waals surface area contributed by atoms with E-state index in [2.05, 4.69) is 40.3 Å². The van der Waals surface area contributed by atoms with Crippen molar-refractivity contribution < 1.29 is 4.74 Å². The third kappa shape index (κ3) is 2.45. The topological polar surface area (TPSA) is 21.3 Å². The quantitative estimate of drug-likeness (QED) is 0.881. The molecule has 0 atom stereocenters. The Kier molecular flexibility index (Phi) is 3.75. The number of rotatable bonds is 3. The Morgan fingerprint density at radius 2 is 2.15 bits per heavy atom. The monoisotopic (exact) mass is 243 g/mol. The largest absolute Gasteiger partial charge is 0.496 e. The molecule has 3 heteroatoms. The molecule has 1 rings (SSSR count). The first-order chi connectivity index (χ1) is 6.19. The van der Waals surface area contributed by atoms with Crippen LogP contribution < -0.4 is 10.1 Å². The molecule has 0 aliphatic heterocycles. The third-order valence-electron chi connectivity index (χ3n) is 1.98. The molecule has 0 amide bonds. The zero-order valence-corrected chi connectivity index (χ0v) is 9.73. The smallest absolute Gasteiger partial charge is 0.133 e. The molecule has 0 spiro atoms. The maximum absolute atomic E-state index is 5.21. The van der Waals surface area contributed by atoms with Gasteiger partial charge < -0.3 is 10.1 Å². The van der Waals surface area contributed by atoms with Gasteiger partial charge in [0.25, 0.3) is 0 Å². The van der Waals surface area contributed by atoms with Crippen LogP contribution in [0.1, 0.15) is 11.1 Å². The van der Waals surface area contributed by atoms with E-state index >= 15 is 0 Å². The van der Waals surface area contributed by atoms with Gasteiger partial charge in [-0.2, -0.15) is 0 Å². The lowest BCUT2D eigenvalue weighted by molar-refractivity contribution is 0.411. The van der Waals surface area contributed by atoms with Crippen molar-refractivity contribution in [3.8, 4) is 5.75 Å². The molecule has 1 aromatic carbocycles. The van der Waals surface area contributed by atoms with Crippen LogP contribution in [0.2, 0.25) is 0 Å². The molecule has 2 nitrogen and oxygen atoms in total. The first kappa shape index (κ1) is 10.5. The lowest BCUT2D eigenvalue weighted by Crippen LogP contribution is -2.06. The van der Waals surface area contributed by atoms with E-state index in [0.717, 1.165) is 16.8 Å². The summed E-state index contributed by atoms with van der Waals surface area (Å²) in [6.07, 6.45) is 0. The summed E-state index contributed by atoms with van der Waals surface area (Å²) in [5.74, 6) is 0.885. The molecule has 0 saturated carbocycles. The van der Waals surface area contributed by atoms with E-state index in [4.69, 9.17) is 4.74 Å². The minimum absolute atomic E-state index is 0.871. The highest BCUT2D eigenvalue weighted by atomic mass is 79.9. The van der Waals surface area contributed by atoms with Gasteiger partial charge in [0.15, 0.2) is 0 Å². The Hall–Kier alpha value is -0.540. The first-order valence-electron chi connectivity index (χ1n) is 4.16. The van der Waals surface area contributed by atoms with E-state index in [1.807, 2.05) is 7.05 Å². The lowest BCUT2D eigenvalue weighted by atomic mass is 10.1. The zero-order valence-electron chi connectivity index (χ0n) is 8.15. The Bertz CT molecular complexity index is 299. The molecule has 0 bridgehead atoms. The van der Waals surface area contributed by atoms with Crippen molar-refractivity contribution in [2.24, 2.45) is 0 Å². The first-order valence-corrected chi connectivity index (χ1v) is 4.96. The summed E-state index contributed by atoms with van der Waals surface area (Å²) in [7, 11) is 3.62.